The summed E-state index contributed by atoms with van der Waals surface area (Å²) < 4.78 is 6.26. The summed E-state index contributed by atoms with van der Waals surface area (Å²) in [5, 5.41) is 0. The molecule has 0 aliphatic heterocycles. The van der Waals surface area contributed by atoms with Crippen molar-refractivity contribution in [1.29, 1.82) is 0 Å². The maximum absolute atomic E-state index is 6.26. The molecular weight excluding hydrogens is 284 g/mol. The molecule has 0 N–H and O–H groups in total. The first-order chi connectivity index (χ1) is 11.2. The molecule has 23 heavy (non-hydrogen) atoms. The van der Waals surface area contributed by atoms with Gasteiger partial charge < -0.3 is 4.74 Å². The maximum atomic E-state index is 6.26. The Morgan fingerprint density at radius 2 is 1.52 bits per heavy atom. The molecule has 4 fully saturated rings. The van der Waals surface area contributed by atoms with Crippen molar-refractivity contribution in [1.82, 2.24) is 9.97 Å². The molecule has 4 saturated carbocycles. The van der Waals surface area contributed by atoms with Crippen LogP contribution in [0.25, 0.3) is 11.0 Å². The summed E-state index contributed by atoms with van der Waals surface area (Å²) in [4.78, 5) is 9.36. The first kappa shape index (κ1) is 13.8. The van der Waals surface area contributed by atoms with Crippen molar-refractivity contribution in [3.8, 4) is 5.88 Å². The van der Waals surface area contributed by atoms with Crippen molar-refractivity contribution in [2.24, 2.45) is 23.2 Å². The van der Waals surface area contributed by atoms with Gasteiger partial charge in [-0.3, -0.25) is 0 Å². The molecule has 4 aliphatic rings. The van der Waals surface area contributed by atoms with Crippen molar-refractivity contribution in [2.75, 3.05) is 6.61 Å². The summed E-state index contributed by atoms with van der Waals surface area (Å²) in [5.74, 6) is 3.63. The number of fused-ring (bicyclic) bond motifs is 1. The van der Waals surface area contributed by atoms with Crippen molar-refractivity contribution in [3.05, 3.63) is 30.0 Å². The molecule has 1 aromatic heterocycles. The predicted molar refractivity (Wildman–Crippen MR) is 90.4 cm³/mol. The number of hydrogen-bond donors (Lipinski definition) is 0. The Kier molecular flexibility index (Phi) is 2.95. The van der Waals surface area contributed by atoms with E-state index in [1.807, 2.05) is 31.2 Å². The second-order valence-corrected chi connectivity index (χ2v) is 8.31. The minimum Gasteiger partial charge on any atom is -0.476 e. The smallest absolute Gasteiger partial charge is 0.235 e. The third-order valence-electron chi connectivity index (χ3n) is 6.38. The van der Waals surface area contributed by atoms with Crippen LogP contribution in [0, 0.1) is 30.1 Å². The van der Waals surface area contributed by atoms with E-state index in [-0.39, 0.29) is 0 Å². The second kappa shape index (κ2) is 4.93. The van der Waals surface area contributed by atoms with Crippen molar-refractivity contribution >= 4 is 11.0 Å². The van der Waals surface area contributed by atoms with Crippen LogP contribution in [0.3, 0.4) is 0 Å². The SMILES string of the molecule is Cc1nc2ccccc2nc1OCC12CC3CC(CC(C3)C1)C2. The molecule has 120 valence electrons. The molecule has 0 spiro atoms. The number of benzene rings is 1. The Bertz CT molecular complexity index is 719. The van der Waals surface area contributed by atoms with Gasteiger partial charge in [-0.25, -0.2) is 9.97 Å². The van der Waals surface area contributed by atoms with Crippen molar-refractivity contribution < 1.29 is 4.74 Å². The van der Waals surface area contributed by atoms with Crippen LogP contribution in [-0.4, -0.2) is 16.6 Å². The Balaban J connectivity index is 1.39. The number of aryl methyl sites for hydroxylation is 1. The van der Waals surface area contributed by atoms with Gasteiger partial charge in [-0.2, -0.15) is 0 Å². The lowest BCUT2D eigenvalue weighted by molar-refractivity contribution is -0.0752. The van der Waals surface area contributed by atoms with E-state index in [1.54, 1.807) is 0 Å². The van der Waals surface area contributed by atoms with E-state index in [0.29, 0.717) is 5.41 Å². The van der Waals surface area contributed by atoms with E-state index in [0.717, 1.165) is 47.0 Å². The fourth-order valence-corrected chi connectivity index (χ4v) is 5.90. The average molecular weight is 308 g/mol. The zero-order chi connectivity index (χ0) is 15.4. The summed E-state index contributed by atoms with van der Waals surface area (Å²) in [6.45, 7) is 2.85. The zero-order valence-corrected chi connectivity index (χ0v) is 13.8. The zero-order valence-electron chi connectivity index (χ0n) is 13.8. The number of ether oxygens (including phenoxy) is 1. The molecule has 3 nitrogen and oxygen atoms in total. The van der Waals surface area contributed by atoms with E-state index in [2.05, 4.69) is 4.98 Å². The van der Waals surface area contributed by atoms with Gasteiger partial charge in [-0.15, -0.1) is 0 Å². The van der Waals surface area contributed by atoms with Gasteiger partial charge in [0.1, 0.15) is 5.69 Å². The molecule has 0 amide bonds. The molecule has 1 heterocycles. The fourth-order valence-electron chi connectivity index (χ4n) is 5.90. The number of hydrogen-bond acceptors (Lipinski definition) is 3. The molecule has 1 aromatic carbocycles. The first-order valence-electron chi connectivity index (χ1n) is 9.05. The number of nitrogens with zero attached hydrogens (tertiary/aromatic N) is 2. The highest BCUT2D eigenvalue weighted by molar-refractivity contribution is 5.74. The van der Waals surface area contributed by atoms with Gasteiger partial charge in [0.2, 0.25) is 5.88 Å². The monoisotopic (exact) mass is 308 g/mol. The molecule has 2 aromatic rings. The topological polar surface area (TPSA) is 35.0 Å². The lowest BCUT2D eigenvalue weighted by Gasteiger charge is -2.56. The van der Waals surface area contributed by atoms with Crippen molar-refractivity contribution in [3.63, 3.8) is 0 Å². The lowest BCUT2D eigenvalue weighted by Crippen LogP contribution is -2.48. The van der Waals surface area contributed by atoms with Gasteiger partial charge in [-0.05, 0) is 75.3 Å². The van der Waals surface area contributed by atoms with E-state index >= 15 is 0 Å². The number of aromatic nitrogens is 2. The van der Waals surface area contributed by atoms with Crippen LogP contribution in [0.15, 0.2) is 24.3 Å². The van der Waals surface area contributed by atoms with Gasteiger partial charge in [-0.1, -0.05) is 12.1 Å². The third-order valence-corrected chi connectivity index (χ3v) is 6.38. The van der Waals surface area contributed by atoms with Crippen LogP contribution >= 0.6 is 0 Å². The van der Waals surface area contributed by atoms with Crippen LogP contribution in [0.5, 0.6) is 5.88 Å². The van der Waals surface area contributed by atoms with Crippen LogP contribution < -0.4 is 4.74 Å². The van der Waals surface area contributed by atoms with Crippen molar-refractivity contribution in [2.45, 2.75) is 45.4 Å². The van der Waals surface area contributed by atoms with Crippen LogP contribution in [-0.2, 0) is 0 Å². The molecular formula is C20H24N2O. The quantitative estimate of drug-likeness (QED) is 0.835. The van der Waals surface area contributed by atoms with Crippen LogP contribution in [0.4, 0.5) is 0 Å². The molecule has 0 unspecified atom stereocenters. The van der Waals surface area contributed by atoms with Gasteiger partial charge in [0.05, 0.1) is 17.6 Å². The first-order valence-corrected chi connectivity index (χ1v) is 9.05. The molecule has 3 heteroatoms. The molecule has 4 bridgehead atoms. The summed E-state index contributed by atoms with van der Waals surface area (Å²) in [5.41, 5.74) is 3.22. The number of rotatable bonds is 3. The highest BCUT2D eigenvalue weighted by Crippen LogP contribution is 2.60. The molecule has 0 atom stereocenters. The average Bonchev–Trinajstić information content (AvgIpc) is 2.51. The third kappa shape index (κ3) is 2.32. The van der Waals surface area contributed by atoms with E-state index < -0.39 is 0 Å². The Hall–Kier alpha value is -1.64. The molecule has 0 saturated heterocycles. The minimum absolute atomic E-state index is 0.425. The Morgan fingerprint density at radius 3 is 2.13 bits per heavy atom. The summed E-state index contributed by atoms with van der Waals surface area (Å²) >= 11 is 0. The maximum Gasteiger partial charge on any atom is 0.235 e. The summed E-state index contributed by atoms with van der Waals surface area (Å²) in [6.07, 6.45) is 8.56. The Labute approximate surface area is 137 Å². The minimum atomic E-state index is 0.425. The largest absolute Gasteiger partial charge is 0.476 e. The highest BCUT2D eigenvalue weighted by Gasteiger charge is 2.51. The van der Waals surface area contributed by atoms with Gasteiger partial charge in [0.25, 0.3) is 0 Å². The second-order valence-electron chi connectivity index (χ2n) is 8.31. The van der Waals surface area contributed by atoms with Gasteiger partial charge in [0, 0.05) is 5.41 Å². The summed E-state index contributed by atoms with van der Waals surface area (Å²) in [7, 11) is 0. The van der Waals surface area contributed by atoms with Gasteiger partial charge in [0.15, 0.2) is 0 Å². The highest BCUT2D eigenvalue weighted by atomic mass is 16.5. The fraction of sp³-hybridized carbons (Fsp3) is 0.600. The van der Waals surface area contributed by atoms with Crippen LogP contribution in [0.2, 0.25) is 0 Å². The molecule has 6 rings (SSSR count). The molecule has 4 aliphatic carbocycles. The van der Waals surface area contributed by atoms with Crippen LogP contribution in [0.1, 0.15) is 44.2 Å². The van der Waals surface area contributed by atoms with E-state index in [9.17, 15) is 0 Å². The van der Waals surface area contributed by atoms with Gasteiger partial charge >= 0.3 is 0 Å². The normalized spacial score (nSPS) is 34.9. The molecule has 0 radical (unpaired) electrons. The standard InChI is InChI=1S/C20H24N2O/c1-13-19(22-18-5-3-2-4-17(18)21-13)23-12-20-9-14-6-15(10-20)8-16(7-14)11-20/h2-5,14-16H,6-12H2,1H3. The summed E-state index contributed by atoms with van der Waals surface area (Å²) in [6, 6.07) is 8.04. The van der Waals surface area contributed by atoms with E-state index in [1.165, 1.54) is 38.5 Å². The predicted octanol–water partition coefficient (Wildman–Crippen LogP) is 4.53. The van der Waals surface area contributed by atoms with E-state index in [4.69, 9.17) is 9.72 Å². The lowest BCUT2D eigenvalue weighted by atomic mass is 9.50. The Morgan fingerprint density at radius 1 is 0.957 bits per heavy atom. The number of para-hydroxylation sites is 2.